The predicted molar refractivity (Wildman–Crippen MR) is 138 cm³/mol. The van der Waals surface area contributed by atoms with Crippen LogP contribution in [-0.4, -0.2) is 33.7 Å². The lowest BCUT2D eigenvalue weighted by Gasteiger charge is -2.24. The number of para-hydroxylation sites is 1. The number of benzene rings is 2. The van der Waals surface area contributed by atoms with Crippen LogP contribution in [0, 0.1) is 29.0 Å². The lowest BCUT2D eigenvalue weighted by atomic mass is 9.89. The average Bonchev–Trinajstić information content (AvgIpc) is 3.56. The molecule has 1 aliphatic carbocycles. The Hall–Kier alpha value is -4.22. The van der Waals surface area contributed by atoms with Gasteiger partial charge in [-0.15, -0.1) is 0 Å². The van der Waals surface area contributed by atoms with Crippen LogP contribution in [0.4, 0.5) is 4.39 Å². The predicted octanol–water partition coefficient (Wildman–Crippen LogP) is 5.37. The van der Waals surface area contributed by atoms with Gasteiger partial charge in [0.1, 0.15) is 17.7 Å². The molecule has 3 heterocycles. The zero-order valence-corrected chi connectivity index (χ0v) is 20.8. The van der Waals surface area contributed by atoms with Gasteiger partial charge in [-0.2, -0.15) is 10.4 Å². The first kappa shape index (κ1) is 24.1. The summed E-state index contributed by atoms with van der Waals surface area (Å²) in [5, 5.41) is 13.9. The quantitative estimate of drug-likeness (QED) is 0.446. The molecule has 2 aliphatic heterocycles. The van der Waals surface area contributed by atoms with Crippen molar-refractivity contribution in [3.63, 3.8) is 0 Å². The van der Waals surface area contributed by atoms with Crippen molar-refractivity contribution in [3.05, 3.63) is 95.7 Å². The number of hydrogen-bond donors (Lipinski definition) is 0. The van der Waals surface area contributed by atoms with E-state index in [9.17, 15) is 14.4 Å². The molecule has 8 heteroatoms. The van der Waals surface area contributed by atoms with Crippen molar-refractivity contribution < 1.29 is 18.7 Å². The van der Waals surface area contributed by atoms with Gasteiger partial charge in [0.2, 0.25) is 5.91 Å². The fraction of sp³-hybridized carbons (Fsp3) is 0.300. The lowest BCUT2D eigenvalue weighted by molar-refractivity contribution is -0.131. The molecule has 1 aromatic heterocycles. The van der Waals surface area contributed by atoms with Gasteiger partial charge in [-0.1, -0.05) is 42.5 Å². The van der Waals surface area contributed by atoms with Crippen LogP contribution >= 0.6 is 0 Å². The van der Waals surface area contributed by atoms with E-state index in [2.05, 4.69) is 17.2 Å². The van der Waals surface area contributed by atoms with E-state index < -0.39 is 11.7 Å². The van der Waals surface area contributed by atoms with E-state index in [1.807, 2.05) is 46.0 Å². The third kappa shape index (κ3) is 4.50. The molecule has 3 unspecified atom stereocenters. The van der Waals surface area contributed by atoms with Crippen LogP contribution in [0.25, 0.3) is 11.3 Å². The highest BCUT2D eigenvalue weighted by Gasteiger charge is 2.43. The van der Waals surface area contributed by atoms with E-state index in [0.717, 1.165) is 42.7 Å². The number of amides is 1. The molecule has 0 bridgehead atoms. The zero-order valence-electron chi connectivity index (χ0n) is 20.8. The van der Waals surface area contributed by atoms with E-state index in [1.54, 1.807) is 12.3 Å². The molecule has 0 radical (unpaired) electrons. The van der Waals surface area contributed by atoms with E-state index >= 15 is 0 Å². The largest absolute Gasteiger partial charge is 0.456 e. The molecule has 0 saturated carbocycles. The Kier molecular flexibility index (Phi) is 6.52. The van der Waals surface area contributed by atoms with Gasteiger partial charge in [-0.25, -0.2) is 9.07 Å². The van der Waals surface area contributed by atoms with Crippen LogP contribution in [0.5, 0.6) is 5.75 Å². The van der Waals surface area contributed by atoms with Crippen molar-refractivity contribution in [2.24, 2.45) is 11.8 Å². The van der Waals surface area contributed by atoms with Gasteiger partial charge in [0.05, 0.1) is 11.3 Å². The van der Waals surface area contributed by atoms with Crippen molar-refractivity contribution in [1.82, 2.24) is 14.7 Å². The molecule has 2 fully saturated rings. The molecule has 2 saturated heterocycles. The molecule has 6 rings (SSSR count). The number of nitriles is 1. The number of aromatic nitrogens is 2. The fourth-order valence-electron chi connectivity index (χ4n) is 5.48. The van der Waals surface area contributed by atoms with Crippen LogP contribution in [0.1, 0.15) is 36.6 Å². The molecular formula is C30H27FN4O3. The fourth-order valence-corrected chi connectivity index (χ4v) is 5.48. The monoisotopic (exact) mass is 510 g/mol. The number of hydrogen-bond acceptors (Lipinski definition) is 5. The van der Waals surface area contributed by atoms with Gasteiger partial charge in [0.15, 0.2) is 17.8 Å². The lowest BCUT2D eigenvalue weighted by Crippen LogP contribution is -2.29. The normalized spacial score (nSPS) is 22.6. The summed E-state index contributed by atoms with van der Waals surface area (Å²) in [5.41, 5.74) is 3.16. The molecular weight excluding hydrogens is 483 g/mol. The van der Waals surface area contributed by atoms with Gasteiger partial charge in [0, 0.05) is 31.8 Å². The van der Waals surface area contributed by atoms with Crippen molar-refractivity contribution in [2.45, 2.75) is 32.0 Å². The third-order valence-corrected chi connectivity index (χ3v) is 7.39. The second kappa shape index (κ2) is 10.3. The number of allylic oxidation sites excluding steroid dienone is 2. The first-order chi connectivity index (χ1) is 18.6. The third-order valence-electron chi connectivity index (χ3n) is 7.39. The summed E-state index contributed by atoms with van der Waals surface area (Å²) in [6, 6.07) is 16.3. The van der Waals surface area contributed by atoms with Crippen LogP contribution in [0.3, 0.4) is 0 Å². The standard InChI is InChI=1S/C30H27FN4O3/c31-24-7-3-5-22(17-32)29(24)38-26-8-4-6-23-19-34(30(36)28(23)26)18-20-10-12-21(13-11-20)25-14-15-33-35(25)27-9-1-2-16-37-27/h3-8,10-15,23,27-28H,1-2,9,16,18-19H2. The van der Waals surface area contributed by atoms with Gasteiger partial charge < -0.3 is 14.4 Å². The Labute approximate surface area is 220 Å². The Morgan fingerprint density at radius 2 is 2.03 bits per heavy atom. The summed E-state index contributed by atoms with van der Waals surface area (Å²) in [6.45, 7) is 1.75. The average molecular weight is 511 g/mol. The minimum absolute atomic E-state index is 0.0369. The Morgan fingerprint density at radius 1 is 1.16 bits per heavy atom. The minimum Gasteiger partial charge on any atom is -0.456 e. The van der Waals surface area contributed by atoms with Crippen LogP contribution in [-0.2, 0) is 16.1 Å². The van der Waals surface area contributed by atoms with Crippen LogP contribution in [0.2, 0.25) is 0 Å². The number of rotatable bonds is 6. The molecule has 3 aliphatic rings. The second-order valence-corrected chi connectivity index (χ2v) is 9.82. The summed E-state index contributed by atoms with van der Waals surface area (Å²) >= 11 is 0. The Balaban J connectivity index is 1.16. The summed E-state index contributed by atoms with van der Waals surface area (Å²) in [7, 11) is 0. The number of carbonyl (C=O) groups is 1. The maximum absolute atomic E-state index is 14.4. The van der Waals surface area contributed by atoms with Crippen molar-refractivity contribution in [2.75, 3.05) is 13.2 Å². The first-order valence-electron chi connectivity index (χ1n) is 12.9. The van der Waals surface area contributed by atoms with Crippen molar-refractivity contribution in [3.8, 4) is 23.1 Å². The first-order valence-corrected chi connectivity index (χ1v) is 12.9. The topological polar surface area (TPSA) is 80.4 Å². The number of nitrogens with zero attached hydrogens (tertiary/aromatic N) is 4. The van der Waals surface area contributed by atoms with Crippen molar-refractivity contribution in [1.29, 1.82) is 5.26 Å². The van der Waals surface area contributed by atoms with Gasteiger partial charge >= 0.3 is 0 Å². The number of halogens is 1. The van der Waals surface area contributed by atoms with Gasteiger partial charge in [-0.05, 0) is 54.7 Å². The smallest absolute Gasteiger partial charge is 0.234 e. The number of likely N-dealkylation sites (tertiary alicyclic amines) is 1. The van der Waals surface area contributed by atoms with E-state index in [4.69, 9.17) is 9.47 Å². The summed E-state index contributed by atoms with van der Waals surface area (Å²) in [6.07, 6.45) is 10.4. The summed E-state index contributed by atoms with van der Waals surface area (Å²) < 4.78 is 28.2. The molecule has 0 N–H and O–H groups in total. The molecule has 7 nitrogen and oxygen atoms in total. The molecule has 192 valence electrons. The Morgan fingerprint density at radius 3 is 2.82 bits per heavy atom. The SMILES string of the molecule is N#Cc1cccc(F)c1OC1=CC=CC2CN(Cc3ccc(-c4ccnn4C4CCCCO4)cc3)C(=O)C12. The van der Waals surface area contributed by atoms with E-state index in [1.165, 1.54) is 18.2 Å². The maximum atomic E-state index is 14.4. The summed E-state index contributed by atoms with van der Waals surface area (Å²) in [5.74, 6) is -1.11. The number of fused-ring (bicyclic) bond motifs is 1. The van der Waals surface area contributed by atoms with Gasteiger partial charge in [0.25, 0.3) is 0 Å². The second-order valence-electron chi connectivity index (χ2n) is 9.82. The van der Waals surface area contributed by atoms with Gasteiger partial charge in [-0.3, -0.25) is 4.79 Å². The molecule has 3 aromatic rings. The minimum atomic E-state index is -0.630. The highest BCUT2D eigenvalue weighted by Crippen LogP contribution is 2.38. The molecule has 38 heavy (non-hydrogen) atoms. The number of ether oxygens (including phenoxy) is 2. The molecule has 2 aromatic carbocycles. The molecule has 1 amide bonds. The summed E-state index contributed by atoms with van der Waals surface area (Å²) in [4.78, 5) is 15.3. The highest BCUT2D eigenvalue weighted by atomic mass is 19.1. The van der Waals surface area contributed by atoms with Crippen molar-refractivity contribution >= 4 is 5.91 Å². The van der Waals surface area contributed by atoms with E-state index in [-0.39, 0.29) is 29.4 Å². The molecule has 3 atom stereocenters. The maximum Gasteiger partial charge on any atom is 0.234 e. The highest BCUT2D eigenvalue weighted by molar-refractivity contribution is 5.85. The molecule has 0 spiro atoms. The Bertz CT molecular complexity index is 1450. The van der Waals surface area contributed by atoms with Crippen LogP contribution in [0.15, 0.2) is 78.7 Å². The zero-order chi connectivity index (χ0) is 26.1. The van der Waals surface area contributed by atoms with Crippen LogP contribution < -0.4 is 4.74 Å². The number of carbonyl (C=O) groups excluding carboxylic acids is 1. The van der Waals surface area contributed by atoms with E-state index in [0.29, 0.717) is 18.8 Å².